The average Bonchev–Trinajstić information content (AvgIpc) is 2.93. The van der Waals surface area contributed by atoms with Crippen molar-refractivity contribution in [2.45, 2.75) is 31.9 Å². The lowest BCUT2D eigenvalue weighted by Gasteiger charge is -2.32. The largest absolute Gasteiger partial charge is 0.489 e. The van der Waals surface area contributed by atoms with Crippen LogP contribution in [0.15, 0.2) is 24.4 Å². The third kappa shape index (κ3) is 6.62. The first-order valence-electron chi connectivity index (χ1n) is 12.5. The summed E-state index contributed by atoms with van der Waals surface area (Å²) in [6.07, 6.45) is 4.90. The van der Waals surface area contributed by atoms with Crippen LogP contribution in [0.1, 0.15) is 40.9 Å². The van der Waals surface area contributed by atoms with Gasteiger partial charge in [-0.1, -0.05) is 6.07 Å². The number of likely N-dealkylation sites (N-methyl/N-ethyl adjacent to an activating group) is 1. The Labute approximate surface area is 221 Å². The van der Waals surface area contributed by atoms with E-state index in [4.69, 9.17) is 9.47 Å². The Morgan fingerprint density at radius 2 is 2.21 bits per heavy atom. The number of nitrogens with zero attached hydrogens (tertiary/aromatic N) is 6. The van der Waals surface area contributed by atoms with Crippen LogP contribution in [-0.4, -0.2) is 91.0 Å². The van der Waals surface area contributed by atoms with Crippen LogP contribution in [0, 0.1) is 11.3 Å². The van der Waals surface area contributed by atoms with Crippen molar-refractivity contribution >= 4 is 29.9 Å². The predicted molar refractivity (Wildman–Crippen MR) is 138 cm³/mol. The summed E-state index contributed by atoms with van der Waals surface area (Å²) < 4.78 is 11.5. The van der Waals surface area contributed by atoms with Crippen molar-refractivity contribution in [2.75, 3.05) is 57.2 Å². The Morgan fingerprint density at radius 3 is 2.92 bits per heavy atom. The number of carbonyl (C=O) groups is 3. The van der Waals surface area contributed by atoms with Gasteiger partial charge < -0.3 is 14.4 Å². The fourth-order valence-corrected chi connectivity index (χ4v) is 4.24. The molecule has 0 spiro atoms. The van der Waals surface area contributed by atoms with Crippen LogP contribution in [-0.2, 0) is 16.1 Å². The number of pyridine rings is 2. The highest BCUT2D eigenvalue weighted by Gasteiger charge is 2.23. The first-order valence-corrected chi connectivity index (χ1v) is 12.5. The van der Waals surface area contributed by atoms with Crippen molar-refractivity contribution in [3.05, 3.63) is 41.2 Å². The summed E-state index contributed by atoms with van der Waals surface area (Å²) >= 11 is 0. The van der Waals surface area contributed by atoms with Gasteiger partial charge in [-0.15, -0.1) is 0 Å². The molecule has 12 nitrogen and oxygen atoms in total. The number of aldehydes is 1. The van der Waals surface area contributed by atoms with Gasteiger partial charge in [0.05, 0.1) is 18.8 Å². The molecule has 3 amide bonds. The summed E-state index contributed by atoms with van der Waals surface area (Å²) in [5.74, 6) is 0.735. The Morgan fingerprint density at radius 1 is 1.37 bits per heavy atom. The van der Waals surface area contributed by atoms with Gasteiger partial charge in [0, 0.05) is 44.9 Å². The second-order valence-electron chi connectivity index (χ2n) is 9.35. The summed E-state index contributed by atoms with van der Waals surface area (Å²) in [5, 5.41) is 12.1. The SMILES string of the molecule is CN1CCN(Cc2ccc(N(C)C(=O)Nc3cc(OCC4CCCCO4)c(C#N)cn3)nc2C=O)C(=O)C1. The second kappa shape index (κ2) is 12.4. The highest BCUT2D eigenvalue weighted by Crippen LogP contribution is 2.23. The van der Waals surface area contributed by atoms with E-state index in [1.54, 1.807) is 17.0 Å². The molecule has 200 valence electrons. The van der Waals surface area contributed by atoms with Gasteiger partial charge in [0.1, 0.15) is 41.3 Å². The smallest absolute Gasteiger partial charge is 0.328 e. The number of ether oxygens (including phenoxy) is 2. The van der Waals surface area contributed by atoms with Crippen LogP contribution in [0.25, 0.3) is 0 Å². The van der Waals surface area contributed by atoms with Crippen molar-refractivity contribution < 1.29 is 23.9 Å². The zero-order chi connectivity index (χ0) is 27.1. The Kier molecular flexibility index (Phi) is 8.83. The zero-order valence-electron chi connectivity index (χ0n) is 21.6. The maximum absolute atomic E-state index is 12.9. The molecular formula is C26H31N7O5. The number of hydrogen-bond acceptors (Lipinski definition) is 9. The molecule has 1 N–H and O–H groups in total. The summed E-state index contributed by atoms with van der Waals surface area (Å²) in [5.41, 5.74) is 1.01. The number of carbonyl (C=O) groups excluding carboxylic acids is 3. The quantitative estimate of drug-likeness (QED) is 0.517. The minimum Gasteiger partial charge on any atom is -0.489 e. The van der Waals surface area contributed by atoms with E-state index in [0.29, 0.717) is 43.9 Å². The topological polar surface area (TPSA) is 141 Å². The van der Waals surface area contributed by atoms with E-state index >= 15 is 0 Å². The first kappa shape index (κ1) is 27.0. The summed E-state index contributed by atoms with van der Waals surface area (Å²) in [7, 11) is 3.40. The lowest BCUT2D eigenvalue weighted by molar-refractivity contribution is -0.136. The van der Waals surface area contributed by atoms with E-state index in [0.717, 1.165) is 25.8 Å². The van der Waals surface area contributed by atoms with Gasteiger partial charge in [0.25, 0.3) is 0 Å². The Balaban J connectivity index is 1.41. The molecule has 0 bridgehead atoms. The van der Waals surface area contributed by atoms with E-state index in [2.05, 4.69) is 15.3 Å². The van der Waals surface area contributed by atoms with Crippen LogP contribution in [0.5, 0.6) is 5.75 Å². The predicted octanol–water partition coefficient (Wildman–Crippen LogP) is 2.05. The lowest BCUT2D eigenvalue weighted by atomic mass is 10.1. The van der Waals surface area contributed by atoms with Crippen molar-refractivity contribution in [1.82, 2.24) is 19.8 Å². The number of anilines is 2. The number of aromatic nitrogens is 2. The maximum Gasteiger partial charge on any atom is 0.328 e. The van der Waals surface area contributed by atoms with E-state index in [9.17, 15) is 19.6 Å². The molecule has 4 rings (SSSR count). The highest BCUT2D eigenvalue weighted by molar-refractivity contribution is 6.00. The minimum atomic E-state index is -0.546. The molecule has 2 aliphatic rings. The van der Waals surface area contributed by atoms with Gasteiger partial charge in [-0.05, 0) is 32.4 Å². The van der Waals surface area contributed by atoms with Crippen LogP contribution < -0.4 is 15.0 Å². The fourth-order valence-electron chi connectivity index (χ4n) is 4.24. The Bertz CT molecular complexity index is 1220. The molecule has 0 saturated carbocycles. The van der Waals surface area contributed by atoms with Gasteiger partial charge in [0.2, 0.25) is 5.91 Å². The van der Waals surface area contributed by atoms with E-state index in [1.165, 1.54) is 24.2 Å². The first-order chi connectivity index (χ1) is 18.4. The molecule has 2 saturated heterocycles. The Hall–Kier alpha value is -4.08. The van der Waals surface area contributed by atoms with Crippen LogP contribution >= 0.6 is 0 Å². The van der Waals surface area contributed by atoms with E-state index in [-0.39, 0.29) is 41.4 Å². The molecule has 4 heterocycles. The molecule has 0 radical (unpaired) electrons. The molecule has 2 aromatic heterocycles. The normalized spacial score (nSPS) is 18.0. The fraction of sp³-hybridized carbons (Fsp3) is 0.462. The van der Waals surface area contributed by atoms with Gasteiger partial charge in [-0.2, -0.15) is 5.26 Å². The summed E-state index contributed by atoms with van der Waals surface area (Å²) in [6.45, 7) is 2.91. The highest BCUT2D eigenvalue weighted by atomic mass is 16.5. The molecule has 12 heteroatoms. The maximum atomic E-state index is 12.9. The number of rotatable bonds is 8. The molecule has 0 aliphatic carbocycles. The number of amides is 3. The second-order valence-corrected chi connectivity index (χ2v) is 9.35. The number of piperazine rings is 1. The standard InChI is InChI=1S/C26H31N7O5/c1-31-8-9-33(25(35)15-31)14-18-6-7-24(29-21(18)16-34)32(2)26(36)30-23-11-22(19(12-27)13-28-23)38-17-20-5-3-4-10-37-20/h6-7,11,13,16,20H,3-5,8-10,14-15,17H2,1-2H3,(H,28,30,36). The molecule has 38 heavy (non-hydrogen) atoms. The number of hydrogen-bond donors (Lipinski definition) is 1. The molecule has 0 aromatic carbocycles. The summed E-state index contributed by atoms with van der Waals surface area (Å²) in [4.78, 5) is 50.3. The number of nitriles is 1. The van der Waals surface area contributed by atoms with E-state index in [1.807, 2.05) is 18.0 Å². The monoisotopic (exact) mass is 521 g/mol. The van der Waals surface area contributed by atoms with Crippen LogP contribution in [0.2, 0.25) is 0 Å². The average molecular weight is 522 g/mol. The van der Waals surface area contributed by atoms with Gasteiger partial charge in [-0.3, -0.25) is 24.7 Å². The van der Waals surface area contributed by atoms with Crippen LogP contribution in [0.4, 0.5) is 16.4 Å². The van der Waals surface area contributed by atoms with Crippen molar-refractivity contribution in [1.29, 1.82) is 5.26 Å². The molecule has 1 atom stereocenters. The third-order valence-corrected chi connectivity index (χ3v) is 6.55. The van der Waals surface area contributed by atoms with Crippen molar-refractivity contribution in [2.24, 2.45) is 0 Å². The summed E-state index contributed by atoms with van der Waals surface area (Å²) in [6, 6.07) is 6.30. The molecule has 2 fully saturated rings. The molecule has 2 aliphatic heterocycles. The van der Waals surface area contributed by atoms with Gasteiger partial charge in [0.15, 0.2) is 6.29 Å². The molecule has 2 aromatic rings. The minimum absolute atomic E-state index is 0.0132. The molecular weight excluding hydrogens is 490 g/mol. The van der Waals surface area contributed by atoms with Crippen LogP contribution in [0.3, 0.4) is 0 Å². The third-order valence-electron chi connectivity index (χ3n) is 6.55. The van der Waals surface area contributed by atoms with Gasteiger partial charge >= 0.3 is 6.03 Å². The zero-order valence-corrected chi connectivity index (χ0v) is 21.6. The number of urea groups is 1. The van der Waals surface area contributed by atoms with Crippen molar-refractivity contribution in [3.8, 4) is 11.8 Å². The lowest BCUT2D eigenvalue weighted by Crippen LogP contribution is -2.48. The number of nitrogens with one attached hydrogen (secondary N) is 1. The van der Waals surface area contributed by atoms with E-state index < -0.39 is 6.03 Å². The molecule has 1 unspecified atom stereocenters. The van der Waals surface area contributed by atoms with Crippen molar-refractivity contribution in [3.63, 3.8) is 0 Å². The van der Waals surface area contributed by atoms with Gasteiger partial charge in [-0.25, -0.2) is 14.8 Å².